The first-order valence-electron chi connectivity index (χ1n) is 13.1. The zero-order valence-corrected chi connectivity index (χ0v) is 20.8. The lowest BCUT2D eigenvalue weighted by Crippen LogP contribution is -2.52. The molecule has 5 rings (SSSR count). The van der Waals surface area contributed by atoms with E-state index in [1.165, 1.54) is 30.4 Å². The Morgan fingerprint density at radius 3 is 2.31 bits per heavy atom. The maximum Gasteiger partial charge on any atom is 0.255 e. The van der Waals surface area contributed by atoms with Crippen LogP contribution in [0.1, 0.15) is 74.7 Å². The maximum atomic E-state index is 13.3. The van der Waals surface area contributed by atoms with Gasteiger partial charge in [-0.15, -0.1) is 0 Å². The molecule has 8 heteroatoms. The molecule has 190 valence electrons. The monoisotopic (exact) mass is 491 g/mol. The van der Waals surface area contributed by atoms with E-state index in [1.54, 1.807) is 18.2 Å². The van der Waals surface area contributed by atoms with E-state index in [1.807, 2.05) is 13.8 Å². The van der Waals surface area contributed by atoms with Crippen molar-refractivity contribution in [3.63, 3.8) is 0 Å². The third-order valence-electron chi connectivity index (χ3n) is 8.66. The van der Waals surface area contributed by atoms with Crippen molar-refractivity contribution in [2.45, 2.75) is 71.4 Å². The molecule has 36 heavy (non-hydrogen) atoms. The lowest BCUT2D eigenvalue weighted by atomic mass is 9.62. The lowest BCUT2D eigenvalue weighted by Gasteiger charge is -2.40. The Morgan fingerprint density at radius 2 is 1.64 bits per heavy atom. The first-order valence-corrected chi connectivity index (χ1v) is 13.1. The number of piperidine rings is 1. The summed E-state index contributed by atoms with van der Waals surface area (Å²) in [5, 5.41) is 5.45. The molecule has 2 aliphatic heterocycles. The molecule has 0 spiro atoms. The van der Waals surface area contributed by atoms with Gasteiger partial charge in [-0.3, -0.25) is 29.3 Å². The number of hydrogen-bond acceptors (Lipinski definition) is 6. The minimum absolute atomic E-state index is 0.0862. The quantitative estimate of drug-likeness (QED) is 0.379. The van der Waals surface area contributed by atoms with E-state index in [2.05, 4.69) is 10.6 Å². The SMILES string of the molecule is CC1C(=O)C(=CNc2cccc3c2CN(C2CCC(=O)NC2=O)C3=O)C(=O)C(C)C1C1CCCCC1. The molecule has 1 saturated heterocycles. The molecular formula is C28H33N3O5. The van der Waals surface area contributed by atoms with Gasteiger partial charge in [-0.25, -0.2) is 0 Å². The molecule has 0 radical (unpaired) electrons. The third kappa shape index (κ3) is 4.16. The molecular weight excluding hydrogens is 458 g/mol. The van der Waals surface area contributed by atoms with Gasteiger partial charge in [-0.1, -0.05) is 52.0 Å². The highest BCUT2D eigenvalue weighted by Gasteiger charge is 2.46. The molecule has 2 N–H and O–H groups in total. The molecule has 2 aliphatic carbocycles. The number of nitrogens with one attached hydrogen (secondary N) is 2. The highest BCUT2D eigenvalue weighted by atomic mass is 16.2. The van der Waals surface area contributed by atoms with E-state index in [9.17, 15) is 24.0 Å². The Balaban J connectivity index is 1.35. The Labute approximate surface area is 210 Å². The lowest BCUT2D eigenvalue weighted by molar-refractivity contribution is -0.137. The normalized spacial score (nSPS) is 29.3. The summed E-state index contributed by atoms with van der Waals surface area (Å²) in [6.45, 7) is 4.12. The molecule has 3 atom stereocenters. The summed E-state index contributed by atoms with van der Waals surface area (Å²) in [6, 6.07) is 4.54. The molecule has 3 fully saturated rings. The second kappa shape index (κ2) is 9.64. The molecule has 0 bridgehead atoms. The summed E-state index contributed by atoms with van der Waals surface area (Å²) in [5.74, 6) is -1.19. The zero-order chi connectivity index (χ0) is 25.6. The number of ketones is 2. The fourth-order valence-corrected chi connectivity index (χ4v) is 6.74. The van der Waals surface area contributed by atoms with Gasteiger partial charge in [0.2, 0.25) is 11.8 Å². The molecule has 2 heterocycles. The van der Waals surface area contributed by atoms with Crippen molar-refractivity contribution < 1.29 is 24.0 Å². The van der Waals surface area contributed by atoms with Gasteiger partial charge in [0.1, 0.15) is 6.04 Å². The maximum absolute atomic E-state index is 13.3. The van der Waals surface area contributed by atoms with Crippen molar-refractivity contribution >= 4 is 35.0 Å². The second-order valence-electron chi connectivity index (χ2n) is 10.7. The van der Waals surface area contributed by atoms with Gasteiger partial charge in [0, 0.05) is 47.8 Å². The molecule has 1 aromatic carbocycles. The first kappa shape index (κ1) is 24.4. The largest absolute Gasteiger partial charge is 0.361 e. The van der Waals surface area contributed by atoms with Crippen molar-refractivity contribution in [3.05, 3.63) is 41.1 Å². The van der Waals surface area contributed by atoms with Crippen molar-refractivity contribution in [3.8, 4) is 0 Å². The zero-order valence-electron chi connectivity index (χ0n) is 20.8. The average molecular weight is 492 g/mol. The number of nitrogens with zero attached hydrogens (tertiary/aromatic N) is 1. The van der Waals surface area contributed by atoms with E-state index in [0.717, 1.165) is 12.8 Å². The Bertz CT molecular complexity index is 1140. The van der Waals surface area contributed by atoms with Gasteiger partial charge < -0.3 is 10.2 Å². The fourth-order valence-electron chi connectivity index (χ4n) is 6.74. The number of benzene rings is 1. The molecule has 1 aromatic rings. The number of rotatable bonds is 4. The van der Waals surface area contributed by atoms with Crippen molar-refractivity contribution in [2.75, 3.05) is 5.32 Å². The predicted molar refractivity (Wildman–Crippen MR) is 133 cm³/mol. The molecule has 4 aliphatic rings. The topological polar surface area (TPSA) is 113 Å². The fraction of sp³-hybridized carbons (Fsp3) is 0.536. The van der Waals surface area contributed by atoms with Crippen LogP contribution in [0.2, 0.25) is 0 Å². The van der Waals surface area contributed by atoms with Crippen molar-refractivity contribution in [1.82, 2.24) is 10.2 Å². The number of allylic oxidation sites excluding steroid dienone is 1. The van der Waals surface area contributed by atoms with Gasteiger partial charge in [0.05, 0.1) is 5.57 Å². The Morgan fingerprint density at radius 1 is 0.944 bits per heavy atom. The summed E-state index contributed by atoms with van der Waals surface area (Å²) in [5.41, 5.74) is 1.99. The smallest absolute Gasteiger partial charge is 0.255 e. The van der Waals surface area contributed by atoms with Crippen LogP contribution in [-0.4, -0.2) is 40.2 Å². The van der Waals surface area contributed by atoms with Crippen LogP contribution in [0.25, 0.3) is 0 Å². The average Bonchev–Trinajstić information content (AvgIpc) is 3.20. The molecule has 0 aromatic heterocycles. The number of anilines is 1. The number of carbonyl (C=O) groups excluding carboxylic acids is 5. The first-order chi connectivity index (χ1) is 17.3. The van der Waals surface area contributed by atoms with Crippen molar-refractivity contribution in [2.24, 2.45) is 23.7 Å². The van der Waals surface area contributed by atoms with E-state index < -0.39 is 11.9 Å². The minimum Gasteiger partial charge on any atom is -0.361 e. The predicted octanol–water partition coefficient (Wildman–Crippen LogP) is 3.36. The van der Waals surface area contributed by atoms with Gasteiger partial charge in [-0.2, -0.15) is 0 Å². The Hall–Kier alpha value is -3.29. The number of Topliss-reactive ketones (excluding diaryl/α,β-unsaturated/α-hetero) is 2. The number of carbonyl (C=O) groups is 5. The highest BCUT2D eigenvalue weighted by Crippen LogP contribution is 2.43. The van der Waals surface area contributed by atoms with Crippen LogP contribution in [-0.2, 0) is 25.7 Å². The Kier molecular flexibility index (Phi) is 6.53. The van der Waals surface area contributed by atoms with Crippen LogP contribution in [0.5, 0.6) is 0 Å². The van der Waals surface area contributed by atoms with Crippen LogP contribution >= 0.6 is 0 Å². The van der Waals surface area contributed by atoms with Crippen LogP contribution in [0.15, 0.2) is 30.0 Å². The summed E-state index contributed by atoms with van der Waals surface area (Å²) in [4.78, 5) is 65.0. The van der Waals surface area contributed by atoms with E-state index in [0.29, 0.717) is 22.7 Å². The molecule has 3 amide bonds. The summed E-state index contributed by atoms with van der Waals surface area (Å²) < 4.78 is 0. The number of fused-ring (bicyclic) bond motifs is 1. The van der Waals surface area contributed by atoms with E-state index >= 15 is 0 Å². The molecule has 2 saturated carbocycles. The van der Waals surface area contributed by atoms with Gasteiger partial charge in [-0.05, 0) is 30.4 Å². The minimum atomic E-state index is -0.700. The summed E-state index contributed by atoms with van der Waals surface area (Å²) >= 11 is 0. The number of imide groups is 1. The molecule has 8 nitrogen and oxygen atoms in total. The summed E-state index contributed by atoms with van der Waals surface area (Å²) in [6.07, 6.45) is 7.73. The number of amides is 3. The van der Waals surface area contributed by atoms with E-state index in [-0.39, 0.29) is 66.1 Å². The van der Waals surface area contributed by atoms with Crippen molar-refractivity contribution in [1.29, 1.82) is 0 Å². The van der Waals surface area contributed by atoms with Crippen LogP contribution < -0.4 is 10.6 Å². The van der Waals surface area contributed by atoms with Gasteiger partial charge >= 0.3 is 0 Å². The second-order valence-corrected chi connectivity index (χ2v) is 10.7. The van der Waals surface area contributed by atoms with Crippen LogP contribution in [0.4, 0.5) is 5.69 Å². The summed E-state index contributed by atoms with van der Waals surface area (Å²) in [7, 11) is 0. The highest BCUT2D eigenvalue weighted by molar-refractivity contribution is 6.23. The van der Waals surface area contributed by atoms with Crippen LogP contribution in [0, 0.1) is 23.7 Å². The number of hydrogen-bond donors (Lipinski definition) is 2. The van der Waals surface area contributed by atoms with Crippen LogP contribution in [0.3, 0.4) is 0 Å². The van der Waals surface area contributed by atoms with Gasteiger partial charge in [0.25, 0.3) is 5.91 Å². The van der Waals surface area contributed by atoms with E-state index in [4.69, 9.17) is 0 Å². The van der Waals surface area contributed by atoms with Gasteiger partial charge in [0.15, 0.2) is 11.6 Å². The standard InChI is InChI=1S/C28H33N3O5/c1-15-24(17-7-4-3-5-8-17)16(2)26(34)19(25(15)33)13-29-21-10-6-9-18-20(21)14-31(28(18)36)22-11-12-23(32)30-27(22)35/h6,9-10,13,15-17,22,24,29H,3-5,7-8,11-12,14H2,1-2H3,(H,30,32,35). The molecule has 3 unspecified atom stereocenters. The third-order valence-corrected chi connectivity index (χ3v) is 8.66.